The van der Waals surface area contributed by atoms with Crippen LogP contribution in [0.5, 0.6) is 0 Å². The minimum atomic E-state index is -0.216. The molecule has 0 spiro atoms. The number of aliphatic imine (C=N–C) groups is 1. The number of aliphatic hydroxyl groups excluding tert-OH is 1. The van der Waals surface area contributed by atoms with Crippen molar-refractivity contribution in [3.05, 3.63) is 39.6 Å². The van der Waals surface area contributed by atoms with Crippen LogP contribution in [0.15, 0.2) is 34.5 Å². The van der Waals surface area contributed by atoms with Crippen LogP contribution >= 0.6 is 23.2 Å². The number of aliphatic hydroxyl groups is 1. The maximum atomic E-state index is 12.0. The van der Waals surface area contributed by atoms with E-state index in [2.05, 4.69) is 4.99 Å². The van der Waals surface area contributed by atoms with Gasteiger partial charge >= 0.3 is 0 Å². The number of nitrogens with zero attached hydrogens (tertiary/aromatic N) is 1. The molecule has 20 heavy (non-hydrogen) atoms. The Hall–Kier alpha value is -1.32. The van der Waals surface area contributed by atoms with Crippen LogP contribution in [0.1, 0.15) is 26.7 Å². The first kappa shape index (κ1) is 15.1. The van der Waals surface area contributed by atoms with E-state index < -0.39 is 0 Å². The molecule has 0 fully saturated rings. The lowest BCUT2D eigenvalue weighted by Crippen LogP contribution is -2.26. The average Bonchev–Trinajstić information content (AvgIpc) is 2.31. The standard InChI is InChI=1S/C15H15Cl2NO2/c1-15(2)6-12(19)9(13(20)7-15)8-18-11-5-3-4-10(16)14(11)17/h3-5,8,19H,6-7H2,1-2H3. The van der Waals surface area contributed by atoms with Gasteiger partial charge in [0.25, 0.3) is 0 Å². The summed E-state index contributed by atoms with van der Waals surface area (Å²) in [6.07, 6.45) is 2.22. The number of hydrogen-bond donors (Lipinski definition) is 1. The highest BCUT2D eigenvalue weighted by Gasteiger charge is 2.32. The summed E-state index contributed by atoms with van der Waals surface area (Å²) in [7, 11) is 0. The number of hydrogen-bond acceptors (Lipinski definition) is 3. The molecule has 0 heterocycles. The van der Waals surface area contributed by atoms with Crippen molar-refractivity contribution in [2.24, 2.45) is 10.4 Å². The fraction of sp³-hybridized carbons (Fsp3) is 0.333. The molecule has 0 unspecified atom stereocenters. The molecule has 0 bridgehead atoms. The molecule has 2 rings (SSSR count). The van der Waals surface area contributed by atoms with Crippen LogP contribution in [-0.2, 0) is 4.79 Å². The lowest BCUT2D eigenvalue weighted by Gasteiger charge is -2.28. The van der Waals surface area contributed by atoms with Gasteiger partial charge in [-0.2, -0.15) is 0 Å². The number of halogens is 2. The Bertz CT molecular complexity index is 618. The summed E-state index contributed by atoms with van der Waals surface area (Å²) in [5, 5.41) is 10.7. The largest absolute Gasteiger partial charge is 0.511 e. The first-order valence-corrected chi connectivity index (χ1v) is 6.99. The highest BCUT2D eigenvalue weighted by atomic mass is 35.5. The SMILES string of the molecule is CC1(C)CC(=O)C(C=Nc2cccc(Cl)c2Cl)=C(O)C1. The summed E-state index contributed by atoms with van der Waals surface area (Å²) in [5.41, 5.74) is 0.504. The fourth-order valence-corrected chi connectivity index (χ4v) is 2.52. The number of carbonyl (C=O) groups excluding carboxylic acids is 1. The molecule has 0 aliphatic heterocycles. The van der Waals surface area contributed by atoms with E-state index in [-0.39, 0.29) is 22.5 Å². The highest BCUT2D eigenvalue weighted by Crippen LogP contribution is 2.36. The van der Waals surface area contributed by atoms with Crippen molar-refractivity contribution in [3.63, 3.8) is 0 Å². The van der Waals surface area contributed by atoms with Crippen molar-refractivity contribution in [3.8, 4) is 0 Å². The van der Waals surface area contributed by atoms with Gasteiger partial charge < -0.3 is 5.11 Å². The van der Waals surface area contributed by atoms with Gasteiger partial charge in [0.05, 0.1) is 21.3 Å². The van der Waals surface area contributed by atoms with E-state index in [1.807, 2.05) is 13.8 Å². The van der Waals surface area contributed by atoms with Crippen molar-refractivity contribution in [2.75, 3.05) is 0 Å². The minimum absolute atomic E-state index is 0.0770. The van der Waals surface area contributed by atoms with Gasteiger partial charge in [0, 0.05) is 19.1 Å². The molecule has 1 N–H and O–H groups in total. The third kappa shape index (κ3) is 3.22. The molecule has 0 radical (unpaired) electrons. The zero-order valence-electron chi connectivity index (χ0n) is 11.3. The quantitative estimate of drug-likeness (QED) is 0.790. The summed E-state index contributed by atoms with van der Waals surface area (Å²) in [4.78, 5) is 16.2. The second-order valence-electron chi connectivity index (χ2n) is 5.63. The molecule has 0 saturated carbocycles. The van der Waals surface area contributed by atoms with E-state index in [9.17, 15) is 9.90 Å². The van der Waals surface area contributed by atoms with Crippen molar-refractivity contribution in [1.29, 1.82) is 0 Å². The van der Waals surface area contributed by atoms with E-state index in [4.69, 9.17) is 23.2 Å². The molecule has 1 aromatic carbocycles. The molecule has 1 aliphatic carbocycles. The van der Waals surface area contributed by atoms with Gasteiger partial charge in [0.1, 0.15) is 5.76 Å². The van der Waals surface area contributed by atoms with E-state index in [1.165, 1.54) is 6.21 Å². The number of allylic oxidation sites excluding steroid dienone is 2. The summed E-state index contributed by atoms with van der Waals surface area (Å²) in [6, 6.07) is 5.08. The number of carbonyl (C=O) groups is 1. The molecule has 1 aromatic rings. The van der Waals surface area contributed by atoms with Crippen LogP contribution < -0.4 is 0 Å². The second kappa shape index (κ2) is 5.58. The van der Waals surface area contributed by atoms with Crippen LogP contribution in [0.2, 0.25) is 10.0 Å². The Kier molecular flexibility index (Phi) is 4.21. The predicted octanol–water partition coefficient (Wildman–Crippen LogP) is 4.90. The molecular formula is C15H15Cl2NO2. The molecule has 0 saturated heterocycles. The van der Waals surface area contributed by atoms with Gasteiger partial charge in [0.2, 0.25) is 0 Å². The first-order chi connectivity index (χ1) is 9.30. The monoisotopic (exact) mass is 311 g/mol. The third-order valence-corrected chi connectivity index (χ3v) is 3.97. The normalized spacial score (nSPS) is 18.9. The summed E-state index contributed by atoms with van der Waals surface area (Å²) < 4.78 is 0. The number of ketones is 1. The average molecular weight is 312 g/mol. The number of Topliss-reactive ketones (excluding diaryl/α,β-unsaturated/α-hetero) is 1. The minimum Gasteiger partial charge on any atom is -0.511 e. The van der Waals surface area contributed by atoms with Gasteiger partial charge in [-0.3, -0.25) is 9.79 Å². The Morgan fingerprint density at radius 2 is 2.00 bits per heavy atom. The Morgan fingerprint density at radius 1 is 1.30 bits per heavy atom. The second-order valence-corrected chi connectivity index (χ2v) is 6.42. The van der Waals surface area contributed by atoms with Gasteiger partial charge in [-0.25, -0.2) is 0 Å². The van der Waals surface area contributed by atoms with Crippen LogP contribution in [0, 0.1) is 5.41 Å². The maximum Gasteiger partial charge on any atom is 0.168 e. The lowest BCUT2D eigenvalue weighted by molar-refractivity contribution is -0.117. The molecule has 0 amide bonds. The molecule has 106 valence electrons. The van der Waals surface area contributed by atoms with E-state index in [0.717, 1.165) is 0 Å². The van der Waals surface area contributed by atoms with Crippen LogP contribution in [-0.4, -0.2) is 17.1 Å². The van der Waals surface area contributed by atoms with Gasteiger partial charge in [0.15, 0.2) is 5.78 Å². The van der Waals surface area contributed by atoms with Gasteiger partial charge in [-0.15, -0.1) is 0 Å². The molecule has 1 aliphatic rings. The highest BCUT2D eigenvalue weighted by molar-refractivity contribution is 6.43. The van der Waals surface area contributed by atoms with Crippen molar-refractivity contribution in [1.82, 2.24) is 0 Å². The van der Waals surface area contributed by atoms with Crippen LogP contribution in [0.25, 0.3) is 0 Å². The van der Waals surface area contributed by atoms with E-state index >= 15 is 0 Å². The van der Waals surface area contributed by atoms with E-state index in [1.54, 1.807) is 18.2 Å². The predicted molar refractivity (Wildman–Crippen MR) is 82.3 cm³/mol. The number of rotatable bonds is 2. The van der Waals surface area contributed by atoms with E-state index in [0.29, 0.717) is 28.6 Å². The molecule has 0 aromatic heterocycles. The fourth-order valence-electron chi connectivity index (χ4n) is 2.17. The number of benzene rings is 1. The molecule has 0 atom stereocenters. The Labute approximate surface area is 127 Å². The zero-order chi connectivity index (χ0) is 14.9. The smallest absolute Gasteiger partial charge is 0.168 e. The van der Waals surface area contributed by atoms with Gasteiger partial charge in [-0.05, 0) is 17.5 Å². The lowest BCUT2D eigenvalue weighted by atomic mass is 9.77. The maximum absolute atomic E-state index is 12.0. The van der Waals surface area contributed by atoms with Crippen molar-refractivity contribution < 1.29 is 9.90 Å². The third-order valence-electron chi connectivity index (χ3n) is 3.16. The molecular weight excluding hydrogens is 297 g/mol. The van der Waals surface area contributed by atoms with Crippen molar-refractivity contribution in [2.45, 2.75) is 26.7 Å². The summed E-state index contributed by atoms with van der Waals surface area (Å²) >= 11 is 11.9. The first-order valence-electron chi connectivity index (χ1n) is 6.23. The molecule has 5 heteroatoms. The zero-order valence-corrected chi connectivity index (χ0v) is 12.8. The Balaban J connectivity index is 2.32. The topological polar surface area (TPSA) is 49.7 Å². The summed E-state index contributed by atoms with van der Waals surface area (Å²) in [5.74, 6) is -0.0335. The Morgan fingerprint density at radius 3 is 2.65 bits per heavy atom. The van der Waals surface area contributed by atoms with Crippen molar-refractivity contribution >= 4 is 40.9 Å². The van der Waals surface area contributed by atoms with Gasteiger partial charge in [-0.1, -0.05) is 43.1 Å². The van der Waals surface area contributed by atoms with Crippen LogP contribution in [0.3, 0.4) is 0 Å². The molecule has 3 nitrogen and oxygen atoms in total. The van der Waals surface area contributed by atoms with Crippen LogP contribution in [0.4, 0.5) is 5.69 Å². The summed E-state index contributed by atoms with van der Waals surface area (Å²) in [6.45, 7) is 3.89.